The highest BCUT2D eigenvalue weighted by Crippen LogP contribution is 2.15. The number of halogens is 2. The number of hydrogen-bond donors (Lipinski definition) is 2. The number of rotatable bonds is 4. The SMILES string of the molecule is Fc1ccc(Br)cc1CNCc1cn[nH]c1. The normalized spacial score (nSPS) is 10.6. The summed E-state index contributed by atoms with van der Waals surface area (Å²) in [5.41, 5.74) is 1.70. The summed E-state index contributed by atoms with van der Waals surface area (Å²) in [5.74, 6) is -0.192. The third-order valence-corrected chi connectivity index (χ3v) is 2.70. The van der Waals surface area contributed by atoms with E-state index in [-0.39, 0.29) is 5.82 Å². The molecule has 0 saturated heterocycles. The highest BCUT2D eigenvalue weighted by molar-refractivity contribution is 9.10. The maximum Gasteiger partial charge on any atom is 0.127 e. The minimum atomic E-state index is -0.192. The molecule has 3 nitrogen and oxygen atoms in total. The van der Waals surface area contributed by atoms with Gasteiger partial charge in [-0.05, 0) is 18.2 Å². The highest BCUT2D eigenvalue weighted by Gasteiger charge is 2.02. The Bertz CT molecular complexity index is 456. The number of nitrogens with one attached hydrogen (secondary N) is 2. The van der Waals surface area contributed by atoms with Gasteiger partial charge in [-0.3, -0.25) is 5.10 Å². The molecule has 0 aliphatic rings. The van der Waals surface area contributed by atoms with Gasteiger partial charge in [0.2, 0.25) is 0 Å². The molecule has 0 fully saturated rings. The van der Waals surface area contributed by atoms with Crippen molar-refractivity contribution in [3.05, 3.63) is 52.0 Å². The first-order valence-electron chi connectivity index (χ1n) is 4.88. The largest absolute Gasteiger partial charge is 0.308 e. The number of hydrogen-bond acceptors (Lipinski definition) is 2. The second kappa shape index (κ2) is 5.23. The van der Waals surface area contributed by atoms with Gasteiger partial charge in [-0.15, -0.1) is 0 Å². The third kappa shape index (κ3) is 2.90. The highest BCUT2D eigenvalue weighted by atomic mass is 79.9. The number of benzene rings is 1. The molecule has 1 aromatic heterocycles. The zero-order chi connectivity index (χ0) is 11.4. The van der Waals surface area contributed by atoms with E-state index in [1.54, 1.807) is 18.3 Å². The van der Waals surface area contributed by atoms with Gasteiger partial charge in [0.25, 0.3) is 0 Å². The van der Waals surface area contributed by atoms with Gasteiger partial charge >= 0.3 is 0 Å². The van der Waals surface area contributed by atoms with E-state index in [1.165, 1.54) is 6.07 Å². The fourth-order valence-electron chi connectivity index (χ4n) is 1.39. The van der Waals surface area contributed by atoms with E-state index in [4.69, 9.17) is 0 Å². The van der Waals surface area contributed by atoms with Crippen LogP contribution in [0.4, 0.5) is 4.39 Å². The zero-order valence-electron chi connectivity index (χ0n) is 8.50. The second-order valence-corrected chi connectivity index (χ2v) is 4.36. The van der Waals surface area contributed by atoms with Crippen molar-refractivity contribution in [2.24, 2.45) is 0 Å². The van der Waals surface area contributed by atoms with Crippen LogP contribution in [-0.4, -0.2) is 10.2 Å². The predicted octanol–water partition coefficient (Wildman–Crippen LogP) is 2.60. The first kappa shape index (κ1) is 11.3. The lowest BCUT2D eigenvalue weighted by Gasteiger charge is -2.05. The summed E-state index contributed by atoms with van der Waals surface area (Å²) in [7, 11) is 0. The molecular weight excluding hydrogens is 273 g/mol. The molecule has 0 atom stereocenters. The molecule has 2 rings (SSSR count). The van der Waals surface area contributed by atoms with Gasteiger partial charge < -0.3 is 5.32 Å². The second-order valence-electron chi connectivity index (χ2n) is 3.45. The molecule has 0 unspecified atom stereocenters. The van der Waals surface area contributed by atoms with Crippen LogP contribution in [0.1, 0.15) is 11.1 Å². The topological polar surface area (TPSA) is 40.7 Å². The lowest BCUT2D eigenvalue weighted by molar-refractivity contribution is 0.587. The summed E-state index contributed by atoms with van der Waals surface area (Å²) in [6.07, 6.45) is 3.55. The van der Waals surface area contributed by atoms with E-state index in [0.717, 1.165) is 10.0 Å². The van der Waals surface area contributed by atoms with Gasteiger partial charge in [-0.1, -0.05) is 15.9 Å². The Labute approximate surface area is 101 Å². The summed E-state index contributed by atoms with van der Waals surface area (Å²) in [6.45, 7) is 1.17. The first-order chi connectivity index (χ1) is 7.75. The Hall–Kier alpha value is -1.20. The molecule has 0 spiro atoms. The van der Waals surface area contributed by atoms with Gasteiger partial charge in [0.1, 0.15) is 5.82 Å². The van der Waals surface area contributed by atoms with Crippen LogP contribution in [0, 0.1) is 5.82 Å². The molecule has 0 amide bonds. The monoisotopic (exact) mass is 283 g/mol. The van der Waals surface area contributed by atoms with Crippen LogP contribution < -0.4 is 5.32 Å². The summed E-state index contributed by atoms with van der Waals surface area (Å²) in [4.78, 5) is 0. The van der Waals surface area contributed by atoms with E-state index < -0.39 is 0 Å². The summed E-state index contributed by atoms with van der Waals surface area (Å²) in [5, 5.41) is 9.71. The van der Waals surface area contributed by atoms with Crippen LogP contribution in [0.2, 0.25) is 0 Å². The molecule has 2 aromatic rings. The zero-order valence-corrected chi connectivity index (χ0v) is 10.1. The van der Waals surface area contributed by atoms with E-state index in [9.17, 15) is 4.39 Å². The molecule has 1 heterocycles. The van der Waals surface area contributed by atoms with E-state index in [0.29, 0.717) is 18.7 Å². The molecule has 5 heteroatoms. The van der Waals surface area contributed by atoms with Crippen molar-refractivity contribution in [1.29, 1.82) is 0 Å². The molecule has 84 valence electrons. The number of aromatic nitrogens is 2. The van der Waals surface area contributed by atoms with Gasteiger partial charge in [0.05, 0.1) is 6.20 Å². The van der Waals surface area contributed by atoms with E-state index in [2.05, 4.69) is 31.4 Å². The molecule has 0 radical (unpaired) electrons. The Balaban J connectivity index is 1.92. The van der Waals surface area contributed by atoms with Crippen molar-refractivity contribution in [3.63, 3.8) is 0 Å². The van der Waals surface area contributed by atoms with Crippen molar-refractivity contribution >= 4 is 15.9 Å². The van der Waals surface area contributed by atoms with Crippen molar-refractivity contribution in [3.8, 4) is 0 Å². The molecule has 1 aromatic carbocycles. The van der Waals surface area contributed by atoms with Crippen molar-refractivity contribution < 1.29 is 4.39 Å². The fraction of sp³-hybridized carbons (Fsp3) is 0.182. The molecular formula is C11H11BrFN3. The smallest absolute Gasteiger partial charge is 0.127 e. The lowest BCUT2D eigenvalue weighted by Crippen LogP contribution is -2.13. The van der Waals surface area contributed by atoms with E-state index in [1.807, 2.05) is 6.20 Å². The molecule has 2 N–H and O–H groups in total. The number of nitrogens with zero attached hydrogens (tertiary/aromatic N) is 1. The Kier molecular flexibility index (Phi) is 3.69. The molecule has 0 aliphatic carbocycles. The molecule has 0 aliphatic heterocycles. The van der Waals surface area contributed by atoms with Crippen LogP contribution >= 0.6 is 15.9 Å². The third-order valence-electron chi connectivity index (χ3n) is 2.21. The van der Waals surface area contributed by atoms with Crippen molar-refractivity contribution in [2.45, 2.75) is 13.1 Å². The first-order valence-corrected chi connectivity index (χ1v) is 5.67. The lowest BCUT2D eigenvalue weighted by atomic mass is 10.2. The van der Waals surface area contributed by atoms with Crippen molar-refractivity contribution in [1.82, 2.24) is 15.5 Å². The summed E-state index contributed by atoms with van der Waals surface area (Å²) >= 11 is 3.32. The average molecular weight is 284 g/mol. The van der Waals surface area contributed by atoms with Gasteiger partial charge in [0, 0.05) is 34.9 Å². The van der Waals surface area contributed by atoms with Gasteiger partial charge in [-0.2, -0.15) is 5.10 Å². The Morgan fingerprint density at radius 3 is 3.00 bits per heavy atom. The maximum atomic E-state index is 13.4. The Morgan fingerprint density at radius 1 is 1.38 bits per heavy atom. The number of H-pyrrole nitrogens is 1. The maximum absolute atomic E-state index is 13.4. The minimum absolute atomic E-state index is 0.192. The van der Waals surface area contributed by atoms with Crippen LogP contribution in [0.25, 0.3) is 0 Å². The predicted molar refractivity (Wildman–Crippen MR) is 63.2 cm³/mol. The van der Waals surface area contributed by atoms with E-state index >= 15 is 0 Å². The minimum Gasteiger partial charge on any atom is -0.308 e. The average Bonchev–Trinajstić information content (AvgIpc) is 2.76. The number of aromatic amines is 1. The van der Waals surface area contributed by atoms with Crippen LogP contribution in [0.3, 0.4) is 0 Å². The summed E-state index contributed by atoms with van der Waals surface area (Å²) in [6, 6.07) is 4.92. The standard InChI is InChI=1S/C11H11BrFN3/c12-10-1-2-11(13)9(3-10)7-14-4-8-5-15-16-6-8/h1-3,5-6,14H,4,7H2,(H,15,16). The molecule has 0 bridgehead atoms. The van der Waals surface area contributed by atoms with Crippen LogP contribution in [0.15, 0.2) is 35.1 Å². The molecule has 16 heavy (non-hydrogen) atoms. The molecule has 0 saturated carbocycles. The quantitative estimate of drug-likeness (QED) is 0.906. The van der Waals surface area contributed by atoms with Gasteiger partial charge in [-0.25, -0.2) is 4.39 Å². The van der Waals surface area contributed by atoms with Crippen molar-refractivity contribution in [2.75, 3.05) is 0 Å². The Morgan fingerprint density at radius 2 is 2.25 bits per heavy atom. The van der Waals surface area contributed by atoms with Crippen LogP contribution in [-0.2, 0) is 13.1 Å². The van der Waals surface area contributed by atoms with Gasteiger partial charge in [0.15, 0.2) is 0 Å². The van der Waals surface area contributed by atoms with Crippen LogP contribution in [0.5, 0.6) is 0 Å². The summed E-state index contributed by atoms with van der Waals surface area (Å²) < 4.78 is 14.2. The fourth-order valence-corrected chi connectivity index (χ4v) is 1.80.